The highest BCUT2D eigenvalue weighted by Crippen LogP contribution is 2.24. The molecule has 2 heterocycles. The molecule has 3 rings (SSSR count). The van der Waals surface area contributed by atoms with E-state index in [1.165, 1.54) is 29.6 Å². The molecule has 3 aromatic rings. The van der Waals surface area contributed by atoms with E-state index in [0.29, 0.717) is 10.7 Å². The Kier molecular flexibility index (Phi) is 4.45. The zero-order chi connectivity index (χ0) is 19.2. The van der Waals surface area contributed by atoms with Crippen molar-refractivity contribution < 1.29 is 4.79 Å². The van der Waals surface area contributed by atoms with Gasteiger partial charge in [0.15, 0.2) is 11.2 Å². The smallest absolute Gasteiger partial charge is 0.324 e. The van der Waals surface area contributed by atoms with Crippen molar-refractivity contribution in [3.05, 3.63) is 56.0 Å². The van der Waals surface area contributed by atoms with Crippen LogP contribution >= 0.6 is 11.6 Å². The van der Waals surface area contributed by atoms with Crippen LogP contribution in [-0.4, -0.2) is 24.6 Å². The number of benzene rings is 1. The molecule has 1 aromatic carbocycles. The van der Waals surface area contributed by atoms with Gasteiger partial charge in [0.1, 0.15) is 6.04 Å². The lowest BCUT2D eigenvalue weighted by atomic mass is 10.2. The first kappa shape index (κ1) is 17.9. The summed E-state index contributed by atoms with van der Waals surface area (Å²) in [7, 11) is 2.92. The maximum absolute atomic E-state index is 12.7. The first-order chi connectivity index (χ1) is 12.2. The van der Waals surface area contributed by atoms with Gasteiger partial charge in [-0.25, -0.2) is 9.78 Å². The van der Waals surface area contributed by atoms with Crippen LogP contribution in [0.5, 0.6) is 0 Å². The molecule has 0 bridgehead atoms. The molecule has 26 heavy (non-hydrogen) atoms. The third kappa shape index (κ3) is 2.72. The van der Waals surface area contributed by atoms with Crippen LogP contribution in [0.15, 0.2) is 34.1 Å². The molecular weight excluding hydrogens is 358 g/mol. The number of carbonyl (C=O) groups is 1. The lowest BCUT2D eigenvalue weighted by Gasteiger charge is -2.16. The number of fused-ring (bicyclic) bond motifs is 1. The number of halogens is 1. The van der Waals surface area contributed by atoms with E-state index in [-0.39, 0.29) is 17.1 Å². The van der Waals surface area contributed by atoms with E-state index >= 15 is 0 Å². The van der Waals surface area contributed by atoms with Gasteiger partial charge in [0.05, 0.1) is 6.33 Å². The van der Waals surface area contributed by atoms with Gasteiger partial charge < -0.3 is 9.88 Å². The van der Waals surface area contributed by atoms with Gasteiger partial charge in [-0.2, -0.15) is 0 Å². The summed E-state index contributed by atoms with van der Waals surface area (Å²) >= 11 is 6.08. The van der Waals surface area contributed by atoms with Gasteiger partial charge in [-0.1, -0.05) is 17.7 Å². The Balaban J connectivity index is 2.04. The molecule has 9 heteroatoms. The highest BCUT2D eigenvalue weighted by molar-refractivity contribution is 6.31. The minimum Gasteiger partial charge on any atom is -0.324 e. The van der Waals surface area contributed by atoms with E-state index in [1.54, 1.807) is 32.0 Å². The number of imidazole rings is 1. The molecule has 0 aliphatic rings. The van der Waals surface area contributed by atoms with Crippen molar-refractivity contribution in [1.82, 2.24) is 18.7 Å². The maximum atomic E-state index is 12.7. The zero-order valence-corrected chi connectivity index (χ0v) is 15.5. The molecule has 1 N–H and O–H groups in total. The van der Waals surface area contributed by atoms with Crippen molar-refractivity contribution in [3.8, 4) is 0 Å². The Bertz CT molecular complexity index is 1140. The normalized spacial score (nSPS) is 12.3. The van der Waals surface area contributed by atoms with Crippen LogP contribution in [0.3, 0.4) is 0 Å². The van der Waals surface area contributed by atoms with Crippen LogP contribution < -0.4 is 16.6 Å². The number of nitrogens with one attached hydrogen (secondary N) is 1. The van der Waals surface area contributed by atoms with Gasteiger partial charge in [0.2, 0.25) is 5.91 Å². The number of aryl methyl sites for hydroxylation is 1. The average Bonchev–Trinajstić information content (AvgIpc) is 3.06. The quantitative estimate of drug-likeness (QED) is 0.752. The molecule has 0 radical (unpaired) electrons. The van der Waals surface area contributed by atoms with Crippen molar-refractivity contribution >= 4 is 34.4 Å². The van der Waals surface area contributed by atoms with Crippen LogP contribution in [0, 0.1) is 6.92 Å². The number of nitrogens with zero attached hydrogens (tertiary/aromatic N) is 4. The summed E-state index contributed by atoms with van der Waals surface area (Å²) in [5.41, 5.74) is 0.804. The van der Waals surface area contributed by atoms with E-state index in [9.17, 15) is 14.4 Å². The molecule has 8 nitrogen and oxygen atoms in total. The first-order valence-electron chi connectivity index (χ1n) is 7.92. The minimum atomic E-state index is -0.719. The van der Waals surface area contributed by atoms with Crippen LogP contribution in [0.4, 0.5) is 5.69 Å². The Morgan fingerprint density at radius 1 is 1.23 bits per heavy atom. The standard InChI is InChI=1S/C17H18ClN5O3/c1-9-11(18)6-5-7-12(9)20-15(24)10(2)23-8-19-14-13(23)16(25)22(4)17(26)21(14)3/h5-8,10H,1-4H3,(H,20,24). The van der Waals surface area contributed by atoms with Crippen molar-refractivity contribution in [2.24, 2.45) is 14.1 Å². The lowest BCUT2D eigenvalue weighted by molar-refractivity contribution is -0.118. The summed E-state index contributed by atoms with van der Waals surface area (Å²) in [6.07, 6.45) is 1.39. The Morgan fingerprint density at radius 3 is 2.62 bits per heavy atom. The van der Waals surface area contributed by atoms with Crippen LogP contribution in [-0.2, 0) is 18.9 Å². The maximum Gasteiger partial charge on any atom is 0.332 e. The van der Waals surface area contributed by atoms with Gasteiger partial charge in [-0.3, -0.25) is 18.7 Å². The lowest BCUT2D eigenvalue weighted by Crippen LogP contribution is -2.38. The average molecular weight is 376 g/mol. The third-order valence-corrected chi connectivity index (χ3v) is 4.90. The summed E-state index contributed by atoms with van der Waals surface area (Å²) < 4.78 is 3.73. The van der Waals surface area contributed by atoms with Crippen molar-refractivity contribution in [1.29, 1.82) is 0 Å². The largest absolute Gasteiger partial charge is 0.332 e. The SMILES string of the molecule is Cc1c(Cl)cccc1NC(=O)C(C)n1cnc2c1c(=O)n(C)c(=O)n2C. The number of hydrogen-bond donors (Lipinski definition) is 1. The van der Waals surface area contributed by atoms with Gasteiger partial charge >= 0.3 is 5.69 Å². The van der Waals surface area contributed by atoms with E-state index in [0.717, 1.165) is 10.1 Å². The van der Waals surface area contributed by atoms with Crippen LogP contribution in [0.1, 0.15) is 18.5 Å². The molecule has 2 aromatic heterocycles. The van der Waals surface area contributed by atoms with Crippen molar-refractivity contribution in [2.45, 2.75) is 19.9 Å². The second kappa shape index (κ2) is 6.45. The number of rotatable bonds is 3. The number of carbonyl (C=O) groups excluding carboxylic acids is 1. The molecule has 0 spiro atoms. The summed E-state index contributed by atoms with van der Waals surface area (Å²) in [6.45, 7) is 3.46. The molecular formula is C17H18ClN5O3. The topological polar surface area (TPSA) is 90.9 Å². The van der Waals surface area contributed by atoms with Gasteiger partial charge in [-0.15, -0.1) is 0 Å². The monoisotopic (exact) mass is 375 g/mol. The van der Waals surface area contributed by atoms with Gasteiger partial charge in [-0.05, 0) is 31.5 Å². The molecule has 0 saturated heterocycles. The van der Waals surface area contributed by atoms with Crippen LogP contribution in [0.25, 0.3) is 11.2 Å². The second-order valence-electron chi connectivity index (χ2n) is 6.11. The van der Waals surface area contributed by atoms with Crippen molar-refractivity contribution in [2.75, 3.05) is 5.32 Å². The van der Waals surface area contributed by atoms with Crippen molar-refractivity contribution in [3.63, 3.8) is 0 Å². The highest BCUT2D eigenvalue weighted by Gasteiger charge is 2.22. The number of aromatic nitrogens is 4. The molecule has 0 saturated carbocycles. The summed E-state index contributed by atoms with van der Waals surface area (Å²) in [5, 5.41) is 3.36. The molecule has 1 atom stereocenters. The fourth-order valence-corrected chi connectivity index (χ4v) is 2.94. The predicted molar refractivity (Wildman–Crippen MR) is 99.7 cm³/mol. The molecule has 1 amide bonds. The summed E-state index contributed by atoms with van der Waals surface area (Å²) in [5.74, 6) is -0.328. The molecule has 0 fully saturated rings. The Morgan fingerprint density at radius 2 is 1.92 bits per heavy atom. The predicted octanol–water partition coefficient (Wildman–Crippen LogP) is 1.60. The summed E-state index contributed by atoms with van der Waals surface area (Å²) in [6, 6.07) is 4.52. The molecule has 0 aliphatic heterocycles. The third-order valence-electron chi connectivity index (χ3n) is 4.50. The minimum absolute atomic E-state index is 0.195. The van der Waals surface area contributed by atoms with E-state index in [2.05, 4.69) is 10.3 Å². The first-order valence-corrected chi connectivity index (χ1v) is 8.30. The Labute approximate surface area is 153 Å². The molecule has 136 valence electrons. The summed E-state index contributed by atoms with van der Waals surface area (Å²) in [4.78, 5) is 41.3. The van der Waals surface area contributed by atoms with E-state index < -0.39 is 17.3 Å². The fourth-order valence-electron chi connectivity index (χ4n) is 2.76. The molecule has 1 unspecified atom stereocenters. The van der Waals surface area contributed by atoms with Gasteiger partial charge in [0.25, 0.3) is 5.56 Å². The van der Waals surface area contributed by atoms with Gasteiger partial charge in [0, 0.05) is 24.8 Å². The molecule has 0 aliphatic carbocycles. The second-order valence-corrected chi connectivity index (χ2v) is 6.51. The van der Waals surface area contributed by atoms with E-state index in [4.69, 9.17) is 11.6 Å². The number of hydrogen-bond acceptors (Lipinski definition) is 4. The number of anilines is 1. The van der Waals surface area contributed by atoms with Crippen LogP contribution in [0.2, 0.25) is 5.02 Å². The van der Waals surface area contributed by atoms with E-state index in [1.807, 2.05) is 0 Å². The number of amides is 1. The highest BCUT2D eigenvalue weighted by atomic mass is 35.5. The Hall–Kier alpha value is -2.87. The fraction of sp³-hybridized carbons (Fsp3) is 0.294. The zero-order valence-electron chi connectivity index (χ0n) is 14.8.